The van der Waals surface area contributed by atoms with Gasteiger partial charge in [-0.2, -0.15) is 0 Å². The van der Waals surface area contributed by atoms with Crippen LogP contribution in [-0.2, 0) is 0 Å². The number of methoxy groups -OCH3 is 2. The van der Waals surface area contributed by atoms with Crippen LogP contribution in [0.5, 0.6) is 11.5 Å². The third-order valence-electron chi connectivity index (χ3n) is 2.19. The summed E-state index contributed by atoms with van der Waals surface area (Å²) >= 11 is 0. The lowest BCUT2D eigenvalue weighted by molar-refractivity contribution is 0.267. The van der Waals surface area contributed by atoms with Gasteiger partial charge >= 0.3 is 0 Å². The van der Waals surface area contributed by atoms with Crippen molar-refractivity contribution in [2.24, 2.45) is 5.73 Å². The average molecular weight is 212 g/mol. The molecule has 0 saturated heterocycles. The standard InChI is InChI=1S/C10H16N2O3/c1-14-8-3-6(7(11)5-13)4-9(15-2)10(8)12/h3-4,7,13H,5,11-12H2,1-2H3. The second-order valence-electron chi connectivity index (χ2n) is 3.13. The Labute approximate surface area is 88.6 Å². The van der Waals surface area contributed by atoms with Crippen LogP contribution in [0.4, 0.5) is 5.69 Å². The first-order chi connectivity index (χ1) is 7.13. The predicted octanol–water partition coefficient (Wildman–Crippen LogP) is 0.278. The van der Waals surface area contributed by atoms with E-state index < -0.39 is 6.04 Å². The maximum absolute atomic E-state index is 8.95. The van der Waals surface area contributed by atoms with Crippen molar-refractivity contribution in [2.45, 2.75) is 6.04 Å². The first-order valence-electron chi connectivity index (χ1n) is 4.51. The first-order valence-corrected chi connectivity index (χ1v) is 4.51. The smallest absolute Gasteiger partial charge is 0.145 e. The molecule has 0 fully saturated rings. The van der Waals surface area contributed by atoms with Gasteiger partial charge in [-0.25, -0.2) is 0 Å². The van der Waals surface area contributed by atoms with Gasteiger partial charge in [-0.3, -0.25) is 0 Å². The highest BCUT2D eigenvalue weighted by Crippen LogP contribution is 2.34. The quantitative estimate of drug-likeness (QED) is 0.623. The van der Waals surface area contributed by atoms with Crippen molar-refractivity contribution in [3.63, 3.8) is 0 Å². The van der Waals surface area contributed by atoms with Gasteiger partial charge in [0.15, 0.2) is 0 Å². The Kier molecular flexibility index (Phi) is 3.76. The summed E-state index contributed by atoms with van der Waals surface area (Å²) in [7, 11) is 3.03. The fraction of sp³-hybridized carbons (Fsp3) is 0.400. The highest BCUT2D eigenvalue weighted by molar-refractivity contribution is 5.64. The SMILES string of the molecule is COc1cc(C(N)CO)cc(OC)c1N. The highest BCUT2D eigenvalue weighted by atomic mass is 16.5. The van der Waals surface area contributed by atoms with Crippen LogP contribution in [0.1, 0.15) is 11.6 Å². The number of nitrogens with two attached hydrogens (primary N) is 2. The van der Waals surface area contributed by atoms with Crippen molar-refractivity contribution in [1.82, 2.24) is 0 Å². The predicted molar refractivity (Wildman–Crippen MR) is 58.0 cm³/mol. The number of hydrogen-bond acceptors (Lipinski definition) is 5. The van der Waals surface area contributed by atoms with Crippen LogP contribution in [-0.4, -0.2) is 25.9 Å². The fourth-order valence-electron chi connectivity index (χ4n) is 1.28. The van der Waals surface area contributed by atoms with E-state index in [1.807, 2.05) is 0 Å². The summed E-state index contributed by atoms with van der Waals surface area (Å²) in [6.45, 7) is -0.143. The lowest BCUT2D eigenvalue weighted by atomic mass is 10.1. The van der Waals surface area contributed by atoms with Crippen LogP contribution in [0.2, 0.25) is 0 Å². The molecule has 84 valence electrons. The molecule has 0 radical (unpaired) electrons. The number of rotatable bonds is 4. The van der Waals surface area contributed by atoms with E-state index in [0.717, 1.165) is 5.56 Å². The first kappa shape index (κ1) is 11.6. The molecule has 1 aromatic rings. The molecule has 0 aliphatic rings. The molecule has 5 heteroatoms. The van der Waals surface area contributed by atoms with Crippen LogP contribution in [0, 0.1) is 0 Å². The van der Waals surface area contributed by atoms with Gasteiger partial charge in [0, 0.05) is 0 Å². The van der Waals surface area contributed by atoms with Gasteiger partial charge in [0.2, 0.25) is 0 Å². The Morgan fingerprint density at radius 3 is 2.07 bits per heavy atom. The van der Waals surface area contributed by atoms with Gasteiger partial charge in [-0.1, -0.05) is 0 Å². The summed E-state index contributed by atoms with van der Waals surface area (Å²) < 4.78 is 10.2. The van der Waals surface area contributed by atoms with Crippen molar-refractivity contribution < 1.29 is 14.6 Å². The highest BCUT2D eigenvalue weighted by Gasteiger charge is 2.12. The van der Waals surface area contributed by atoms with Gasteiger partial charge in [-0.05, 0) is 17.7 Å². The molecule has 0 aromatic heterocycles. The van der Waals surface area contributed by atoms with Crippen molar-refractivity contribution in [3.8, 4) is 11.5 Å². The number of aliphatic hydroxyl groups excluding tert-OH is 1. The number of anilines is 1. The van der Waals surface area contributed by atoms with Gasteiger partial charge in [-0.15, -0.1) is 0 Å². The molecular formula is C10H16N2O3. The van der Waals surface area contributed by atoms with Crippen LogP contribution in [0.25, 0.3) is 0 Å². The number of benzene rings is 1. The number of aliphatic hydroxyl groups is 1. The van der Waals surface area contributed by atoms with Crippen molar-refractivity contribution in [2.75, 3.05) is 26.6 Å². The molecule has 0 bridgehead atoms. The Bertz CT molecular complexity index is 316. The Hall–Kier alpha value is -1.46. The molecule has 15 heavy (non-hydrogen) atoms. The maximum atomic E-state index is 8.95. The molecule has 0 spiro atoms. The Morgan fingerprint density at radius 1 is 1.27 bits per heavy atom. The second kappa shape index (κ2) is 4.86. The molecular weight excluding hydrogens is 196 g/mol. The van der Waals surface area contributed by atoms with E-state index >= 15 is 0 Å². The molecule has 0 amide bonds. The molecule has 0 aliphatic heterocycles. The Morgan fingerprint density at radius 2 is 1.73 bits per heavy atom. The molecule has 1 unspecified atom stereocenters. The van der Waals surface area contributed by atoms with Crippen LogP contribution in [0.3, 0.4) is 0 Å². The monoisotopic (exact) mass is 212 g/mol. The molecule has 5 N–H and O–H groups in total. The van der Waals surface area contributed by atoms with Crippen molar-refractivity contribution >= 4 is 5.69 Å². The second-order valence-corrected chi connectivity index (χ2v) is 3.13. The summed E-state index contributed by atoms with van der Waals surface area (Å²) in [6.07, 6.45) is 0. The minimum Gasteiger partial charge on any atom is -0.494 e. The Balaban J connectivity index is 3.20. The third-order valence-corrected chi connectivity index (χ3v) is 2.19. The lowest BCUT2D eigenvalue weighted by Crippen LogP contribution is -2.15. The van der Waals surface area contributed by atoms with Crippen molar-refractivity contribution in [1.29, 1.82) is 0 Å². The summed E-state index contributed by atoms with van der Waals surface area (Å²) in [5, 5.41) is 8.95. The van der Waals surface area contributed by atoms with Gasteiger partial charge in [0.25, 0.3) is 0 Å². The van der Waals surface area contributed by atoms with Crippen LogP contribution < -0.4 is 20.9 Å². The largest absolute Gasteiger partial charge is 0.494 e. The number of hydrogen-bond donors (Lipinski definition) is 3. The molecule has 0 aliphatic carbocycles. The third kappa shape index (κ3) is 2.31. The number of ether oxygens (including phenoxy) is 2. The zero-order valence-electron chi connectivity index (χ0n) is 8.86. The summed E-state index contributed by atoms with van der Waals surface area (Å²) in [6, 6.07) is 2.92. The molecule has 1 rings (SSSR count). The average Bonchev–Trinajstić information content (AvgIpc) is 2.28. The van der Waals surface area contributed by atoms with Gasteiger partial charge in [0.1, 0.15) is 17.2 Å². The van der Waals surface area contributed by atoms with E-state index in [1.54, 1.807) is 12.1 Å². The van der Waals surface area contributed by atoms with E-state index in [4.69, 9.17) is 26.0 Å². The van der Waals surface area contributed by atoms with E-state index in [1.165, 1.54) is 14.2 Å². The molecule has 1 atom stereocenters. The van der Waals surface area contributed by atoms with Gasteiger partial charge in [0.05, 0.1) is 26.9 Å². The molecule has 0 heterocycles. The molecule has 0 saturated carbocycles. The normalized spacial score (nSPS) is 12.3. The topological polar surface area (TPSA) is 90.7 Å². The van der Waals surface area contributed by atoms with E-state index in [-0.39, 0.29) is 6.61 Å². The summed E-state index contributed by atoms with van der Waals surface area (Å²) in [5.41, 5.74) is 12.6. The van der Waals surface area contributed by atoms with E-state index in [0.29, 0.717) is 17.2 Å². The molecule has 5 nitrogen and oxygen atoms in total. The lowest BCUT2D eigenvalue weighted by Gasteiger charge is -2.15. The van der Waals surface area contributed by atoms with Crippen LogP contribution in [0.15, 0.2) is 12.1 Å². The minimum atomic E-state index is -0.464. The minimum absolute atomic E-state index is 0.143. The van der Waals surface area contributed by atoms with Crippen LogP contribution >= 0.6 is 0 Å². The van der Waals surface area contributed by atoms with Crippen molar-refractivity contribution in [3.05, 3.63) is 17.7 Å². The zero-order valence-corrected chi connectivity index (χ0v) is 8.86. The van der Waals surface area contributed by atoms with E-state index in [2.05, 4.69) is 0 Å². The number of nitrogen functional groups attached to an aromatic ring is 1. The van der Waals surface area contributed by atoms with E-state index in [9.17, 15) is 0 Å². The fourth-order valence-corrected chi connectivity index (χ4v) is 1.28. The summed E-state index contributed by atoms with van der Waals surface area (Å²) in [5.74, 6) is 0.988. The molecule has 1 aromatic carbocycles. The zero-order chi connectivity index (χ0) is 11.4. The maximum Gasteiger partial charge on any atom is 0.145 e. The summed E-state index contributed by atoms with van der Waals surface area (Å²) in [4.78, 5) is 0. The van der Waals surface area contributed by atoms with Gasteiger partial charge < -0.3 is 26.0 Å².